The molecule has 122 valence electrons. The van der Waals surface area contributed by atoms with E-state index in [4.69, 9.17) is 16.3 Å². The Hall–Kier alpha value is -1.22. The number of nitrogens with zero attached hydrogens (tertiary/aromatic N) is 1. The maximum absolute atomic E-state index is 12.5. The summed E-state index contributed by atoms with van der Waals surface area (Å²) in [5.41, 5.74) is 0.590. The molecule has 2 atom stereocenters. The molecule has 2 rings (SSSR count). The molecule has 1 aliphatic rings. The van der Waals surface area contributed by atoms with Crippen LogP contribution in [0.2, 0.25) is 0 Å². The van der Waals surface area contributed by atoms with Gasteiger partial charge in [0.25, 0.3) is 0 Å². The summed E-state index contributed by atoms with van der Waals surface area (Å²) in [7, 11) is 0. The number of hydrogen-bond acceptors (Lipinski definition) is 2. The van der Waals surface area contributed by atoms with Gasteiger partial charge in [0.05, 0.1) is 11.4 Å². The molecule has 1 heterocycles. The highest BCUT2D eigenvalue weighted by molar-refractivity contribution is 6.21. The molecule has 0 N–H and O–H groups in total. The summed E-state index contributed by atoms with van der Waals surface area (Å²) in [4.78, 5) is 14.3. The third-order valence-electron chi connectivity index (χ3n) is 3.84. The first-order valence-corrected chi connectivity index (χ1v) is 8.21. The minimum atomic E-state index is -0.497. The van der Waals surface area contributed by atoms with Gasteiger partial charge < -0.3 is 9.64 Å². The van der Waals surface area contributed by atoms with E-state index in [-0.39, 0.29) is 22.9 Å². The van der Waals surface area contributed by atoms with Crippen LogP contribution in [-0.4, -0.2) is 29.2 Å². The molecule has 0 bridgehead atoms. The molecule has 0 radical (unpaired) electrons. The van der Waals surface area contributed by atoms with Gasteiger partial charge in [-0.3, -0.25) is 0 Å². The number of amides is 1. The van der Waals surface area contributed by atoms with Gasteiger partial charge in [-0.25, -0.2) is 4.79 Å². The van der Waals surface area contributed by atoms with Gasteiger partial charge in [-0.15, -0.1) is 11.6 Å². The van der Waals surface area contributed by atoms with E-state index in [1.807, 2.05) is 51.1 Å². The first-order valence-electron chi connectivity index (χ1n) is 7.78. The molecule has 22 heavy (non-hydrogen) atoms. The largest absolute Gasteiger partial charge is 0.444 e. The van der Waals surface area contributed by atoms with Crippen molar-refractivity contribution in [1.82, 2.24) is 4.90 Å². The van der Waals surface area contributed by atoms with E-state index >= 15 is 0 Å². The van der Waals surface area contributed by atoms with Crippen LogP contribution in [0.5, 0.6) is 0 Å². The molecular formula is C18H26ClNO2. The highest BCUT2D eigenvalue weighted by Gasteiger charge is 2.44. The molecular weight excluding hydrogens is 298 g/mol. The lowest BCUT2D eigenvalue weighted by Crippen LogP contribution is -2.41. The fourth-order valence-electron chi connectivity index (χ4n) is 2.96. The predicted octanol–water partition coefficient (Wildman–Crippen LogP) is 5.00. The topological polar surface area (TPSA) is 29.5 Å². The highest BCUT2D eigenvalue weighted by Crippen LogP contribution is 2.42. The number of ether oxygens (including phenoxy) is 1. The highest BCUT2D eigenvalue weighted by atomic mass is 35.5. The number of likely N-dealkylation sites (tertiary alicyclic amines) is 1. The van der Waals surface area contributed by atoms with Gasteiger partial charge in [0, 0.05) is 6.54 Å². The maximum Gasteiger partial charge on any atom is 0.410 e. The molecule has 1 aromatic carbocycles. The van der Waals surface area contributed by atoms with Crippen molar-refractivity contribution in [1.29, 1.82) is 0 Å². The number of benzene rings is 1. The summed E-state index contributed by atoms with van der Waals surface area (Å²) < 4.78 is 5.56. The van der Waals surface area contributed by atoms with Crippen molar-refractivity contribution in [3.8, 4) is 0 Å². The second kappa shape index (κ2) is 6.11. The van der Waals surface area contributed by atoms with E-state index in [1.54, 1.807) is 4.90 Å². The molecule has 0 saturated carbocycles. The fourth-order valence-corrected chi connectivity index (χ4v) is 3.33. The zero-order chi connectivity index (χ0) is 16.5. The Balaban J connectivity index is 2.21. The number of halogens is 1. The minimum absolute atomic E-state index is 0.0451. The van der Waals surface area contributed by atoms with Crippen molar-refractivity contribution in [3.63, 3.8) is 0 Å². The second-order valence-corrected chi connectivity index (χ2v) is 8.33. The fraction of sp³-hybridized carbons (Fsp3) is 0.611. The summed E-state index contributed by atoms with van der Waals surface area (Å²) in [5, 5.41) is -0.226. The summed E-state index contributed by atoms with van der Waals surface area (Å²) in [5.74, 6) is 0. The van der Waals surface area contributed by atoms with Crippen molar-refractivity contribution >= 4 is 17.7 Å². The van der Waals surface area contributed by atoms with Crippen LogP contribution in [0.4, 0.5) is 4.79 Å². The molecule has 4 heteroatoms. The monoisotopic (exact) mass is 323 g/mol. The number of carbonyl (C=O) groups is 1. The average Bonchev–Trinajstić information content (AvgIpc) is 2.73. The average molecular weight is 324 g/mol. The lowest BCUT2D eigenvalue weighted by atomic mass is 9.89. The Bertz CT molecular complexity index is 522. The van der Waals surface area contributed by atoms with Gasteiger partial charge in [0.2, 0.25) is 0 Å². The van der Waals surface area contributed by atoms with Crippen LogP contribution in [0, 0.1) is 5.41 Å². The molecule has 3 nitrogen and oxygen atoms in total. The maximum atomic E-state index is 12.5. The van der Waals surface area contributed by atoms with E-state index in [9.17, 15) is 4.79 Å². The van der Waals surface area contributed by atoms with Crippen molar-refractivity contribution < 1.29 is 9.53 Å². The summed E-state index contributed by atoms with van der Waals surface area (Å²) >= 11 is 6.70. The Morgan fingerprint density at radius 3 is 2.45 bits per heavy atom. The van der Waals surface area contributed by atoms with Crippen LogP contribution >= 0.6 is 11.6 Å². The summed E-state index contributed by atoms with van der Waals surface area (Å²) in [6.45, 7) is 10.7. The lowest BCUT2D eigenvalue weighted by molar-refractivity contribution is 0.0211. The van der Waals surface area contributed by atoms with Gasteiger partial charge in [-0.2, -0.15) is 0 Å². The molecule has 1 amide bonds. The summed E-state index contributed by atoms with van der Waals surface area (Å²) in [6, 6.07) is 9.89. The van der Waals surface area contributed by atoms with Crippen LogP contribution in [0.1, 0.15) is 52.0 Å². The number of alkyl halides is 1. The molecule has 1 saturated heterocycles. The first-order chi connectivity index (χ1) is 10.1. The molecule has 0 unspecified atom stereocenters. The van der Waals surface area contributed by atoms with Crippen molar-refractivity contribution in [3.05, 3.63) is 35.9 Å². The van der Waals surface area contributed by atoms with E-state index < -0.39 is 5.60 Å². The second-order valence-electron chi connectivity index (χ2n) is 7.86. The Kier molecular flexibility index (Phi) is 4.76. The third-order valence-corrected chi connectivity index (χ3v) is 4.39. The smallest absolute Gasteiger partial charge is 0.410 e. The Morgan fingerprint density at radius 2 is 1.91 bits per heavy atom. The molecule has 1 aliphatic heterocycles. The van der Waals surface area contributed by atoms with Gasteiger partial charge in [0.1, 0.15) is 5.60 Å². The standard InChI is InChI=1S/C18H26ClNO2/c1-17(2,3)22-16(21)20-12-18(4,5)11-14(20)15(19)13-9-7-6-8-10-13/h6-10,14-15H,11-12H2,1-5H3/t14-,15-/m0/s1. The zero-order valence-corrected chi connectivity index (χ0v) is 14.9. The van der Waals surface area contributed by atoms with Crippen molar-refractivity contribution in [2.24, 2.45) is 5.41 Å². The molecule has 1 fully saturated rings. The zero-order valence-electron chi connectivity index (χ0n) is 14.1. The molecule has 0 aromatic heterocycles. The molecule has 0 spiro atoms. The normalized spacial score (nSPS) is 22.5. The summed E-state index contributed by atoms with van der Waals surface area (Å²) in [6.07, 6.45) is 0.597. The van der Waals surface area contributed by atoms with Crippen LogP contribution in [0.15, 0.2) is 30.3 Å². The molecule has 0 aliphatic carbocycles. The van der Waals surface area contributed by atoms with Crippen LogP contribution in [0.25, 0.3) is 0 Å². The van der Waals surface area contributed by atoms with E-state index in [1.165, 1.54) is 0 Å². The van der Waals surface area contributed by atoms with E-state index in [0.29, 0.717) is 6.54 Å². The Labute approximate surface area is 138 Å². The quantitative estimate of drug-likeness (QED) is 0.717. The van der Waals surface area contributed by atoms with Gasteiger partial charge >= 0.3 is 6.09 Å². The lowest BCUT2D eigenvalue weighted by Gasteiger charge is -2.31. The van der Waals surface area contributed by atoms with Crippen LogP contribution in [-0.2, 0) is 4.74 Å². The number of hydrogen-bond donors (Lipinski definition) is 0. The number of rotatable bonds is 2. The van der Waals surface area contributed by atoms with Crippen molar-refractivity contribution in [2.45, 2.75) is 58.1 Å². The SMILES string of the molecule is CC1(C)C[C@@H]([C@@H](Cl)c2ccccc2)N(C(=O)OC(C)(C)C)C1. The van der Waals surface area contributed by atoms with Gasteiger partial charge in [0.15, 0.2) is 0 Å². The van der Waals surface area contributed by atoms with E-state index in [2.05, 4.69) is 13.8 Å². The van der Waals surface area contributed by atoms with Crippen LogP contribution in [0.3, 0.4) is 0 Å². The van der Waals surface area contributed by atoms with E-state index in [0.717, 1.165) is 12.0 Å². The predicted molar refractivity (Wildman–Crippen MR) is 90.2 cm³/mol. The first kappa shape index (κ1) is 17.1. The minimum Gasteiger partial charge on any atom is -0.444 e. The van der Waals surface area contributed by atoms with Gasteiger partial charge in [-0.05, 0) is 38.2 Å². The number of carbonyl (C=O) groups excluding carboxylic acids is 1. The molecule has 1 aromatic rings. The van der Waals surface area contributed by atoms with Crippen molar-refractivity contribution in [2.75, 3.05) is 6.54 Å². The van der Waals surface area contributed by atoms with Crippen LogP contribution < -0.4 is 0 Å². The third kappa shape index (κ3) is 4.16. The Morgan fingerprint density at radius 1 is 1.32 bits per heavy atom. The van der Waals surface area contributed by atoms with Gasteiger partial charge in [-0.1, -0.05) is 44.2 Å².